The van der Waals surface area contributed by atoms with E-state index in [9.17, 15) is 30.1 Å². The van der Waals surface area contributed by atoms with Gasteiger partial charge in [0.05, 0.1) is 15.9 Å². The van der Waals surface area contributed by atoms with E-state index in [2.05, 4.69) is 5.32 Å². The molecular weight excluding hydrogens is 294 g/mol. The Balaban J connectivity index is 3.28. The van der Waals surface area contributed by atoms with Crippen molar-refractivity contribution in [3.05, 3.63) is 38.4 Å². The van der Waals surface area contributed by atoms with E-state index in [0.717, 1.165) is 18.2 Å². The zero-order valence-electron chi connectivity index (χ0n) is 12.4. The number of nitro benzene ring substituents is 2. The largest absolute Gasteiger partial charge is 0.480 e. The van der Waals surface area contributed by atoms with Gasteiger partial charge in [-0.3, -0.25) is 20.2 Å². The highest BCUT2D eigenvalue weighted by Crippen LogP contribution is 2.32. The zero-order valence-corrected chi connectivity index (χ0v) is 12.4. The lowest BCUT2D eigenvalue weighted by atomic mass is 9.90. The molecule has 0 bridgehead atoms. The first kappa shape index (κ1) is 17.3. The molecule has 0 spiro atoms. The van der Waals surface area contributed by atoms with Gasteiger partial charge in [-0.2, -0.15) is 0 Å². The summed E-state index contributed by atoms with van der Waals surface area (Å²) in [6.07, 6.45) is 0.233. The summed E-state index contributed by atoms with van der Waals surface area (Å²) in [5.41, 5.74) is -2.46. The lowest BCUT2D eigenvalue weighted by Crippen LogP contribution is -2.44. The van der Waals surface area contributed by atoms with Crippen molar-refractivity contribution in [2.45, 2.75) is 32.7 Å². The second kappa shape index (κ2) is 6.37. The molecule has 0 aliphatic carbocycles. The molecule has 0 saturated heterocycles. The Morgan fingerprint density at radius 1 is 1.32 bits per heavy atom. The van der Waals surface area contributed by atoms with E-state index >= 15 is 0 Å². The summed E-state index contributed by atoms with van der Waals surface area (Å²) in [5, 5.41) is 33.8. The number of benzene rings is 1. The van der Waals surface area contributed by atoms with Crippen molar-refractivity contribution in [3.63, 3.8) is 0 Å². The number of hydrogen-bond acceptors (Lipinski definition) is 6. The van der Waals surface area contributed by atoms with Crippen LogP contribution >= 0.6 is 0 Å². The summed E-state index contributed by atoms with van der Waals surface area (Å²) in [5.74, 6) is -1.13. The number of nitrogens with one attached hydrogen (secondary N) is 1. The number of anilines is 1. The fourth-order valence-electron chi connectivity index (χ4n) is 2.20. The van der Waals surface area contributed by atoms with Crippen molar-refractivity contribution in [2.75, 3.05) is 5.32 Å². The van der Waals surface area contributed by atoms with Crippen LogP contribution in [0.3, 0.4) is 0 Å². The van der Waals surface area contributed by atoms with Gasteiger partial charge in [0.1, 0.15) is 11.2 Å². The maximum atomic E-state index is 11.5. The van der Waals surface area contributed by atoms with Gasteiger partial charge < -0.3 is 10.4 Å². The molecule has 0 amide bonds. The Morgan fingerprint density at radius 3 is 2.32 bits per heavy atom. The molecule has 0 aliphatic heterocycles. The third-order valence-corrected chi connectivity index (χ3v) is 3.09. The average molecular weight is 311 g/mol. The Labute approximate surface area is 126 Å². The van der Waals surface area contributed by atoms with Crippen molar-refractivity contribution in [2.24, 2.45) is 5.92 Å². The minimum absolute atomic E-state index is 0.0331. The normalized spacial score (nSPS) is 13.5. The zero-order chi connectivity index (χ0) is 17.1. The molecule has 1 aromatic rings. The maximum absolute atomic E-state index is 11.5. The van der Waals surface area contributed by atoms with Crippen molar-refractivity contribution in [1.29, 1.82) is 0 Å². The highest BCUT2D eigenvalue weighted by molar-refractivity contribution is 5.83. The SMILES string of the molecule is CC(C)C[C@@](C)(Nc1ccc([N+](=O)[O-])cc1[N+](=O)[O-])C(=O)O. The number of non-ortho nitro benzene ring substituents is 1. The van der Waals surface area contributed by atoms with Crippen LogP contribution < -0.4 is 5.32 Å². The Hall–Kier alpha value is -2.71. The monoisotopic (exact) mass is 311 g/mol. The maximum Gasteiger partial charge on any atom is 0.329 e. The van der Waals surface area contributed by atoms with E-state index in [1.807, 2.05) is 13.8 Å². The standard InChI is InChI=1S/C13H17N3O6/c1-8(2)7-13(3,12(17)18)14-10-5-4-9(15(19)20)6-11(10)16(21)22/h4-6,8,14H,7H2,1-3H3,(H,17,18)/t13-/m1/s1. The average Bonchev–Trinajstić information content (AvgIpc) is 2.37. The number of nitro groups is 2. The molecule has 1 aromatic carbocycles. The summed E-state index contributed by atoms with van der Waals surface area (Å²) in [7, 11) is 0. The van der Waals surface area contributed by atoms with Crippen LogP contribution in [0.25, 0.3) is 0 Å². The molecule has 0 fully saturated rings. The molecule has 0 saturated carbocycles. The quantitative estimate of drug-likeness (QED) is 0.583. The summed E-state index contributed by atoms with van der Waals surface area (Å²) in [6, 6.07) is 3.05. The van der Waals surface area contributed by atoms with Crippen LogP contribution in [0.15, 0.2) is 18.2 Å². The molecule has 0 aromatic heterocycles. The number of carbonyl (C=O) groups is 1. The first-order valence-electron chi connectivity index (χ1n) is 6.51. The van der Waals surface area contributed by atoms with Gasteiger partial charge in [0.15, 0.2) is 0 Å². The summed E-state index contributed by atoms with van der Waals surface area (Å²) < 4.78 is 0. The molecular formula is C13H17N3O6. The molecule has 9 heteroatoms. The smallest absolute Gasteiger partial charge is 0.329 e. The van der Waals surface area contributed by atoms with Gasteiger partial charge in [-0.15, -0.1) is 0 Å². The summed E-state index contributed by atoms with van der Waals surface area (Å²) in [4.78, 5) is 31.7. The van der Waals surface area contributed by atoms with Crippen LogP contribution in [-0.2, 0) is 4.79 Å². The van der Waals surface area contributed by atoms with Crippen molar-refractivity contribution in [3.8, 4) is 0 Å². The van der Waals surface area contributed by atoms with Gasteiger partial charge in [0.25, 0.3) is 11.4 Å². The van der Waals surface area contributed by atoms with Crippen molar-refractivity contribution in [1.82, 2.24) is 0 Å². The summed E-state index contributed by atoms with van der Waals surface area (Å²) >= 11 is 0. The number of nitrogens with zero attached hydrogens (tertiary/aromatic N) is 2. The van der Waals surface area contributed by atoms with E-state index in [4.69, 9.17) is 0 Å². The Bertz CT molecular complexity index is 616. The minimum atomic E-state index is -1.42. The predicted molar refractivity (Wildman–Crippen MR) is 78.9 cm³/mol. The molecule has 0 radical (unpaired) electrons. The number of hydrogen-bond donors (Lipinski definition) is 2. The van der Waals surface area contributed by atoms with Gasteiger partial charge in [-0.1, -0.05) is 13.8 Å². The predicted octanol–water partition coefficient (Wildman–Crippen LogP) is 2.80. The van der Waals surface area contributed by atoms with E-state index in [0.29, 0.717) is 0 Å². The highest BCUT2D eigenvalue weighted by Gasteiger charge is 2.36. The van der Waals surface area contributed by atoms with Crippen molar-refractivity contribution >= 4 is 23.0 Å². The van der Waals surface area contributed by atoms with E-state index in [1.54, 1.807) is 0 Å². The van der Waals surface area contributed by atoms with E-state index < -0.39 is 32.7 Å². The number of aliphatic carboxylic acids is 1. The molecule has 0 unspecified atom stereocenters. The molecule has 1 rings (SSSR count). The van der Waals surface area contributed by atoms with Gasteiger partial charge in [0, 0.05) is 6.07 Å². The lowest BCUT2D eigenvalue weighted by molar-refractivity contribution is -0.393. The minimum Gasteiger partial charge on any atom is -0.480 e. The first-order chi connectivity index (χ1) is 10.1. The topological polar surface area (TPSA) is 136 Å². The number of rotatable bonds is 7. The molecule has 0 heterocycles. The van der Waals surface area contributed by atoms with Crippen LogP contribution in [0.4, 0.5) is 17.1 Å². The second-order valence-corrected chi connectivity index (χ2v) is 5.58. The Kier molecular flexibility index (Phi) is 5.02. The number of carboxylic acids is 1. The van der Waals surface area contributed by atoms with Crippen LogP contribution in [-0.4, -0.2) is 26.5 Å². The fraction of sp³-hybridized carbons (Fsp3) is 0.462. The van der Waals surface area contributed by atoms with Gasteiger partial charge in [-0.05, 0) is 25.3 Å². The molecule has 22 heavy (non-hydrogen) atoms. The van der Waals surface area contributed by atoms with Gasteiger partial charge in [-0.25, -0.2) is 4.79 Å². The van der Waals surface area contributed by atoms with E-state index in [-0.39, 0.29) is 18.0 Å². The number of carboxylic acid groups (broad SMARTS) is 1. The van der Waals surface area contributed by atoms with Crippen LogP contribution in [0.5, 0.6) is 0 Å². The molecule has 2 N–H and O–H groups in total. The summed E-state index contributed by atoms with van der Waals surface area (Å²) in [6.45, 7) is 5.07. The fourth-order valence-corrected chi connectivity index (χ4v) is 2.20. The molecule has 9 nitrogen and oxygen atoms in total. The molecule has 1 atom stereocenters. The van der Waals surface area contributed by atoms with Crippen LogP contribution in [0.1, 0.15) is 27.2 Å². The van der Waals surface area contributed by atoms with Gasteiger partial charge >= 0.3 is 5.97 Å². The van der Waals surface area contributed by atoms with Crippen LogP contribution in [0, 0.1) is 26.1 Å². The molecule has 120 valence electrons. The second-order valence-electron chi connectivity index (χ2n) is 5.58. The highest BCUT2D eigenvalue weighted by atomic mass is 16.6. The third-order valence-electron chi connectivity index (χ3n) is 3.09. The van der Waals surface area contributed by atoms with Crippen molar-refractivity contribution < 1.29 is 19.7 Å². The van der Waals surface area contributed by atoms with Gasteiger partial charge in [0.2, 0.25) is 0 Å². The molecule has 0 aliphatic rings. The lowest BCUT2D eigenvalue weighted by Gasteiger charge is -2.28. The first-order valence-corrected chi connectivity index (χ1v) is 6.51. The van der Waals surface area contributed by atoms with Crippen LogP contribution in [0.2, 0.25) is 0 Å². The van der Waals surface area contributed by atoms with E-state index in [1.165, 1.54) is 6.92 Å². The third kappa shape index (κ3) is 3.90. The Morgan fingerprint density at radius 2 is 1.91 bits per heavy atom.